The van der Waals surface area contributed by atoms with Crippen molar-refractivity contribution in [2.45, 2.75) is 71.3 Å². The summed E-state index contributed by atoms with van der Waals surface area (Å²) in [6, 6.07) is -0.606. The molecule has 0 aromatic heterocycles. The van der Waals surface area contributed by atoms with Crippen molar-refractivity contribution in [1.82, 2.24) is 4.90 Å². The monoisotopic (exact) mass is 281 g/mol. The fraction of sp³-hybridized carbons (Fsp3) is 0.875. The van der Waals surface area contributed by atoms with Crippen molar-refractivity contribution >= 4 is 11.9 Å². The number of aliphatic carboxylic acids is 1. The number of carbonyl (C=O) groups excluding carboxylic acids is 1. The maximum atomic E-state index is 12.9. The van der Waals surface area contributed by atoms with Crippen LogP contribution in [0.5, 0.6) is 0 Å². The van der Waals surface area contributed by atoms with Crippen LogP contribution in [0.4, 0.5) is 0 Å². The molecule has 0 bridgehead atoms. The molecular formula is C16H27NO3. The van der Waals surface area contributed by atoms with E-state index in [1.54, 1.807) is 4.90 Å². The normalized spacial score (nSPS) is 29.4. The van der Waals surface area contributed by atoms with Gasteiger partial charge in [0.25, 0.3) is 0 Å². The van der Waals surface area contributed by atoms with E-state index in [2.05, 4.69) is 13.8 Å². The summed E-state index contributed by atoms with van der Waals surface area (Å²) in [4.78, 5) is 26.2. The molecule has 2 atom stereocenters. The van der Waals surface area contributed by atoms with Crippen molar-refractivity contribution in [3.63, 3.8) is 0 Å². The highest BCUT2D eigenvalue weighted by molar-refractivity contribution is 5.88. The average molecular weight is 281 g/mol. The van der Waals surface area contributed by atoms with Crippen LogP contribution in [0.3, 0.4) is 0 Å². The van der Waals surface area contributed by atoms with Crippen LogP contribution in [0.25, 0.3) is 0 Å². The quantitative estimate of drug-likeness (QED) is 0.861. The van der Waals surface area contributed by atoms with Gasteiger partial charge < -0.3 is 10.0 Å². The number of nitrogens with zero attached hydrogens (tertiary/aromatic N) is 1. The molecule has 0 aromatic rings. The van der Waals surface area contributed by atoms with Crippen LogP contribution in [0.15, 0.2) is 0 Å². The van der Waals surface area contributed by atoms with E-state index < -0.39 is 12.0 Å². The Morgan fingerprint density at radius 3 is 2.40 bits per heavy atom. The third kappa shape index (κ3) is 2.70. The summed E-state index contributed by atoms with van der Waals surface area (Å²) in [5, 5.41) is 9.48. The van der Waals surface area contributed by atoms with Crippen LogP contribution in [-0.4, -0.2) is 34.5 Å². The summed E-state index contributed by atoms with van der Waals surface area (Å²) < 4.78 is 0. The molecule has 1 saturated heterocycles. The van der Waals surface area contributed by atoms with Gasteiger partial charge in [-0.25, -0.2) is 4.79 Å². The number of hydrogen-bond acceptors (Lipinski definition) is 2. The zero-order chi connectivity index (χ0) is 14.8. The van der Waals surface area contributed by atoms with Crippen LogP contribution in [0, 0.1) is 11.3 Å². The van der Waals surface area contributed by atoms with Gasteiger partial charge in [0.15, 0.2) is 0 Å². The van der Waals surface area contributed by atoms with E-state index in [1.165, 1.54) is 0 Å². The Bertz CT molecular complexity index is 374. The molecule has 4 heteroatoms. The SMILES string of the molecule is CCC1CCN(C(=O)C2(CC)CCCC2)C(C(=O)O)C1. The van der Waals surface area contributed by atoms with Crippen LogP contribution in [0.1, 0.15) is 65.2 Å². The summed E-state index contributed by atoms with van der Waals surface area (Å²) in [6.07, 6.45) is 7.48. The lowest BCUT2D eigenvalue weighted by Gasteiger charge is -2.41. The Kier molecular flexibility index (Phi) is 4.71. The van der Waals surface area contributed by atoms with Crippen molar-refractivity contribution in [2.75, 3.05) is 6.54 Å². The van der Waals surface area contributed by atoms with Crippen LogP contribution < -0.4 is 0 Å². The van der Waals surface area contributed by atoms with Gasteiger partial charge in [-0.05, 0) is 38.0 Å². The molecule has 1 aliphatic heterocycles. The van der Waals surface area contributed by atoms with Crippen molar-refractivity contribution in [3.05, 3.63) is 0 Å². The van der Waals surface area contributed by atoms with Gasteiger partial charge in [-0.15, -0.1) is 0 Å². The van der Waals surface area contributed by atoms with Crippen LogP contribution >= 0.6 is 0 Å². The summed E-state index contributed by atoms with van der Waals surface area (Å²) in [7, 11) is 0. The first-order chi connectivity index (χ1) is 9.54. The number of carboxylic acid groups (broad SMARTS) is 1. The third-order valence-electron chi connectivity index (χ3n) is 5.53. The van der Waals surface area contributed by atoms with E-state index >= 15 is 0 Å². The molecule has 2 aliphatic rings. The molecular weight excluding hydrogens is 254 g/mol. The number of amides is 1. The summed E-state index contributed by atoms with van der Waals surface area (Å²) >= 11 is 0. The first-order valence-electron chi connectivity index (χ1n) is 8.08. The van der Waals surface area contributed by atoms with Gasteiger partial charge in [0.1, 0.15) is 6.04 Å². The lowest BCUT2D eigenvalue weighted by molar-refractivity contribution is -0.158. The highest BCUT2D eigenvalue weighted by atomic mass is 16.4. The maximum Gasteiger partial charge on any atom is 0.326 e. The molecule has 0 spiro atoms. The zero-order valence-corrected chi connectivity index (χ0v) is 12.7. The zero-order valence-electron chi connectivity index (χ0n) is 12.7. The molecule has 1 saturated carbocycles. The summed E-state index contributed by atoms with van der Waals surface area (Å²) in [6.45, 7) is 4.79. The molecule has 20 heavy (non-hydrogen) atoms. The summed E-state index contributed by atoms with van der Waals surface area (Å²) in [5.74, 6) is -0.276. The second-order valence-corrected chi connectivity index (χ2v) is 6.49. The third-order valence-corrected chi connectivity index (χ3v) is 5.53. The first-order valence-corrected chi connectivity index (χ1v) is 8.08. The number of piperidine rings is 1. The fourth-order valence-electron chi connectivity index (χ4n) is 3.96. The number of carboxylic acids is 1. The Morgan fingerprint density at radius 2 is 1.90 bits per heavy atom. The molecule has 1 aliphatic carbocycles. The predicted octanol–water partition coefficient (Wildman–Crippen LogP) is 3.06. The molecule has 114 valence electrons. The Labute approximate surface area is 121 Å². The van der Waals surface area contributed by atoms with Crippen molar-refractivity contribution in [2.24, 2.45) is 11.3 Å². The van der Waals surface area contributed by atoms with Gasteiger partial charge in [0.05, 0.1) is 0 Å². The Morgan fingerprint density at radius 1 is 1.25 bits per heavy atom. The fourth-order valence-corrected chi connectivity index (χ4v) is 3.96. The number of hydrogen-bond donors (Lipinski definition) is 1. The number of rotatable bonds is 4. The predicted molar refractivity (Wildman–Crippen MR) is 77.3 cm³/mol. The van der Waals surface area contributed by atoms with E-state index in [0.29, 0.717) is 18.9 Å². The van der Waals surface area contributed by atoms with Crippen molar-refractivity contribution < 1.29 is 14.7 Å². The Balaban J connectivity index is 2.17. The van der Waals surface area contributed by atoms with E-state index in [4.69, 9.17) is 0 Å². The van der Waals surface area contributed by atoms with Crippen LogP contribution in [0.2, 0.25) is 0 Å². The van der Waals surface area contributed by atoms with E-state index in [9.17, 15) is 14.7 Å². The molecule has 1 heterocycles. The molecule has 0 radical (unpaired) electrons. The maximum absolute atomic E-state index is 12.9. The molecule has 1 amide bonds. The van der Waals surface area contributed by atoms with Gasteiger partial charge in [-0.2, -0.15) is 0 Å². The number of likely N-dealkylation sites (tertiary alicyclic amines) is 1. The Hall–Kier alpha value is -1.06. The molecule has 4 nitrogen and oxygen atoms in total. The molecule has 2 unspecified atom stereocenters. The van der Waals surface area contributed by atoms with Gasteiger partial charge in [-0.3, -0.25) is 4.79 Å². The first kappa shape index (κ1) is 15.3. The topological polar surface area (TPSA) is 57.6 Å². The largest absolute Gasteiger partial charge is 0.480 e. The highest BCUT2D eigenvalue weighted by Gasteiger charge is 2.46. The molecule has 1 N–H and O–H groups in total. The van der Waals surface area contributed by atoms with Gasteiger partial charge in [0, 0.05) is 12.0 Å². The minimum Gasteiger partial charge on any atom is -0.480 e. The second kappa shape index (κ2) is 6.15. The van der Waals surface area contributed by atoms with Gasteiger partial charge in [-0.1, -0.05) is 33.1 Å². The van der Waals surface area contributed by atoms with E-state index in [-0.39, 0.29) is 11.3 Å². The second-order valence-electron chi connectivity index (χ2n) is 6.49. The van der Waals surface area contributed by atoms with Gasteiger partial charge >= 0.3 is 5.97 Å². The minimum atomic E-state index is -0.833. The van der Waals surface area contributed by atoms with E-state index in [1.807, 2.05) is 0 Å². The minimum absolute atomic E-state index is 0.111. The van der Waals surface area contributed by atoms with Crippen LogP contribution in [-0.2, 0) is 9.59 Å². The van der Waals surface area contributed by atoms with Crippen molar-refractivity contribution in [3.8, 4) is 0 Å². The number of carbonyl (C=O) groups is 2. The summed E-state index contributed by atoms with van der Waals surface area (Å²) in [5.41, 5.74) is -0.271. The van der Waals surface area contributed by atoms with Gasteiger partial charge in [0.2, 0.25) is 5.91 Å². The lowest BCUT2D eigenvalue weighted by Crippen LogP contribution is -2.54. The molecule has 2 fully saturated rings. The average Bonchev–Trinajstić information content (AvgIpc) is 2.95. The van der Waals surface area contributed by atoms with E-state index in [0.717, 1.165) is 44.9 Å². The highest BCUT2D eigenvalue weighted by Crippen LogP contribution is 2.43. The van der Waals surface area contributed by atoms with Crippen molar-refractivity contribution in [1.29, 1.82) is 0 Å². The lowest BCUT2D eigenvalue weighted by atomic mass is 9.79. The smallest absolute Gasteiger partial charge is 0.326 e. The standard InChI is InChI=1S/C16H27NO3/c1-3-12-7-10-17(13(11-12)14(18)19)15(20)16(4-2)8-5-6-9-16/h12-13H,3-11H2,1-2H3,(H,18,19). The molecule has 2 rings (SSSR count). The molecule has 0 aromatic carbocycles.